The Balaban J connectivity index is 1.65. The summed E-state index contributed by atoms with van der Waals surface area (Å²) < 4.78 is 0. The van der Waals surface area contributed by atoms with Gasteiger partial charge in [0.25, 0.3) is 0 Å². The van der Waals surface area contributed by atoms with Gasteiger partial charge in [-0.2, -0.15) is 0 Å². The number of carbonyl (C=O) groups is 1. The van der Waals surface area contributed by atoms with E-state index in [1.165, 1.54) is 25.3 Å². The zero-order chi connectivity index (χ0) is 18.5. The highest BCUT2D eigenvalue weighted by Crippen LogP contribution is 2.31. The molecule has 1 aliphatic heterocycles. The number of nitrogens with zero attached hydrogens (tertiary/aromatic N) is 1. The van der Waals surface area contributed by atoms with Gasteiger partial charge in [0.1, 0.15) is 0 Å². The van der Waals surface area contributed by atoms with E-state index in [1.54, 1.807) is 30.3 Å². The molecule has 1 saturated heterocycles. The fourth-order valence-electron chi connectivity index (χ4n) is 2.96. The molecule has 0 aliphatic carbocycles. The molecule has 1 amide bonds. The lowest BCUT2D eigenvalue weighted by atomic mass is 10.1. The van der Waals surface area contributed by atoms with Crippen molar-refractivity contribution >= 4 is 58.2 Å². The van der Waals surface area contributed by atoms with Crippen LogP contribution >= 0.6 is 34.8 Å². The van der Waals surface area contributed by atoms with Crippen LogP contribution in [0.25, 0.3) is 6.08 Å². The van der Waals surface area contributed by atoms with Crippen LogP contribution in [0, 0.1) is 0 Å². The number of amides is 1. The first kappa shape index (κ1) is 19.1. The molecule has 1 aliphatic rings. The van der Waals surface area contributed by atoms with Crippen molar-refractivity contribution in [2.45, 2.75) is 19.3 Å². The van der Waals surface area contributed by atoms with Crippen LogP contribution in [-0.4, -0.2) is 19.0 Å². The Kier molecular flexibility index (Phi) is 6.47. The summed E-state index contributed by atoms with van der Waals surface area (Å²) in [5.41, 5.74) is 2.41. The summed E-state index contributed by atoms with van der Waals surface area (Å²) in [6, 6.07) is 10.7. The molecule has 136 valence electrons. The minimum absolute atomic E-state index is 0.252. The van der Waals surface area contributed by atoms with Gasteiger partial charge < -0.3 is 10.2 Å². The molecular formula is C20H19Cl3N2O. The van der Waals surface area contributed by atoms with Crippen molar-refractivity contribution in [3.8, 4) is 0 Å². The van der Waals surface area contributed by atoms with E-state index in [0.29, 0.717) is 20.8 Å². The van der Waals surface area contributed by atoms with Gasteiger partial charge in [-0.25, -0.2) is 0 Å². The fourth-order valence-corrected chi connectivity index (χ4v) is 3.73. The molecule has 1 N–H and O–H groups in total. The van der Waals surface area contributed by atoms with Gasteiger partial charge in [0, 0.05) is 34.9 Å². The Morgan fingerprint density at radius 2 is 1.73 bits per heavy atom. The number of carbonyl (C=O) groups excluding carboxylic acids is 1. The quantitative estimate of drug-likeness (QED) is 0.602. The largest absolute Gasteiger partial charge is 0.370 e. The van der Waals surface area contributed by atoms with E-state index in [0.717, 1.165) is 24.3 Å². The zero-order valence-electron chi connectivity index (χ0n) is 14.1. The highest BCUT2D eigenvalue weighted by molar-refractivity contribution is 6.35. The molecule has 1 fully saturated rings. The maximum atomic E-state index is 12.1. The van der Waals surface area contributed by atoms with E-state index in [4.69, 9.17) is 34.8 Å². The third kappa shape index (κ3) is 4.94. The van der Waals surface area contributed by atoms with Crippen molar-refractivity contribution in [1.29, 1.82) is 0 Å². The lowest BCUT2D eigenvalue weighted by Crippen LogP contribution is -2.29. The first-order valence-electron chi connectivity index (χ1n) is 8.51. The fraction of sp³-hybridized carbons (Fsp3) is 0.250. The SMILES string of the molecule is O=C(/C=C/c1ccc(Cl)cc1Cl)Nc1ccc(N2CCCCC2)c(Cl)c1. The van der Waals surface area contributed by atoms with Gasteiger partial charge in [0.2, 0.25) is 5.91 Å². The van der Waals surface area contributed by atoms with Crippen molar-refractivity contribution in [2.24, 2.45) is 0 Å². The second-order valence-electron chi connectivity index (χ2n) is 6.20. The third-order valence-electron chi connectivity index (χ3n) is 4.29. The van der Waals surface area contributed by atoms with Crippen LogP contribution in [0.2, 0.25) is 15.1 Å². The van der Waals surface area contributed by atoms with Crippen LogP contribution < -0.4 is 10.2 Å². The van der Waals surface area contributed by atoms with E-state index in [1.807, 2.05) is 12.1 Å². The monoisotopic (exact) mass is 408 g/mol. The third-order valence-corrected chi connectivity index (χ3v) is 5.15. The van der Waals surface area contributed by atoms with Crippen molar-refractivity contribution in [1.82, 2.24) is 0 Å². The molecule has 0 spiro atoms. The highest BCUT2D eigenvalue weighted by Gasteiger charge is 2.14. The van der Waals surface area contributed by atoms with Crippen LogP contribution in [0.15, 0.2) is 42.5 Å². The topological polar surface area (TPSA) is 32.3 Å². The van der Waals surface area contributed by atoms with Gasteiger partial charge in [-0.15, -0.1) is 0 Å². The number of rotatable bonds is 4. The Labute approximate surface area is 168 Å². The molecule has 3 rings (SSSR count). The molecular weight excluding hydrogens is 391 g/mol. The first-order chi connectivity index (χ1) is 12.5. The molecule has 0 atom stereocenters. The van der Waals surface area contributed by atoms with Crippen LogP contribution in [0.5, 0.6) is 0 Å². The highest BCUT2D eigenvalue weighted by atomic mass is 35.5. The van der Waals surface area contributed by atoms with E-state index < -0.39 is 0 Å². The Bertz CT molecular complexity index is 830. The minimum atomic E-state index is -0.252. The van der Waals surface area contributed by atoms with E-state index in [9.17, 15) is 4.79 Å². The van der Waals surface area contributed by atoms with Crippen molar-refractivity contribution in [2.75, 3.05) is 23.3 Å². The van der Waals surface area contributed by atoms with E-state index in [-0.39, 0.29) is 5.91 Å². The molecule has 3 nitrogen and oxygen atoms in total. The Morgan fingerprint density at radius 3 is 2.42 bits per heavy atom. The Morgan fingerprint density at radius 1 is 0.962 bits per heavy atom. The number of hydrogen-bond acceptors (Lipinski definition) is 2. The average Bonchev–Trinajstić information content (AvgIpc) is 2.62. The molecule has 0 radical (unpaired) electrons. The molecule has 0 saturated carbocycles. The van der Waals surface area contributed by atoms with E-state index in [2.05, 4.69) is 10.2 Å². The number of hydrogen-bond donors (Lipinski definition) is 1. The van der Waals surface area contributed by atoms with Gasteiger partial charge in [0.05, 0.1) is 10.7 Å². The van der Waals surface area contributed by atoms with Crippen LogP contribution in [0.4, 0.5) is 11.4 Å². The number of anilines is 2. The molecule has 2 aromatic rings. The smallest absolute Gasteiger partial charge is 0.248 e. The summed E-state index contributed by atoms with van der Waals surface area (Å²) in [7, 11) is 0. The average molecular weight is 410 g/mol. The second kappa shape index (κ2) is 8.81. The lowest BCUT2D eigenvalue weighted by molar-refractivity contribution is -0.111. The maximum Gasteiger partial charge on any atom is 0.248 e. The number of benzene rings is 2. The van der Waals surface area contributed by atoms with Gasteiger partial charge in [-0.1, -0.05) is 40.9 Å². The summed E-state index contributed by atoms with van der Waals surface area (Å²) in [5.74, 6) is -0.252. The van der Waals surface area contributed by atoms with Gasteiger partial charge >= 0.3 is 0 Å². The minimum Gasteiger partial charge on any atom is -0.370 e. The molecule has 0 aromatic heterocycles. The lowest BCUT2D eigenvalue weighted by Gasteiger charge is -2.29. The number of nitrogens with one attached hydrogen (secondary N) is 1. The first-order valence-corrected chi connectivity index (χ1v) is 9.65. The number of piperidine rings is 1. The standard InChI is InChI=1S/C20H19Cl3N2O/c21-15-6-4-14(17(22)12-15)5-9-20(26)24-16-7-8-19(18(23)13-16)25-10-2-1-3-11-25/h4-9,12-13H,1-3,10-11H2,(H,24,26)/b9-5+. The molecule has 6 heteroatoms. The zero-order valence-corrected chi connectivity index (χ0v) is 16.4. The van der Waals surface area contributed by atoms with Crippen LogP contribution in [-0.2, 0) is 4.79 Å². The van der Waals surface area contributed by atoms with Crippen molar-refractivity contribution < 1.29 is 4.79 Å². The summed E-state index contributed by atoms with van der Waals surface area (Å²) in [4.78, 5) is 14.4. The predicted octanol–water partition coefficient (Wildman–Crippen LogP) is 6.29. The molecule has 0 unspecified atom stereocenters. The second-order valence-corrected chi connectivity index (χ2v) is 7.45. The van der Waals surface area contributed by atoms with Crippen molar-refractivity contribution in [3.63, 3.8) is 0 Å². The summed E-state index contributed by atoms with van der Waals surface area (Å²) >= 11 is 18.4. The van der Waals surface area contributed by atoms with Crippen molar-refractivity contribution in [3.05, 3.63) is 63.1 Å². The van der Waals surface area contributed by atoms with Gasteiger partial charge in [0.15, 0.2) is 0 Å². The maximum absolute atomic E-state index is 12.1. The van der Waals surface area contributed by atoms with E-state index >= 15 is 0 Å². The molecule has 1 heterocycles. The Hall–Kier alpha value is -1.68. The number of halogens is 3. The van der Waals surface area contributed by atoms with Crippen LogP contribution in [0.1, 0.15) is 24.8 Å². The summed E-state index contributed by atoms with van der Waals surface area (Å²) in [5, 5.41) is 4.52. The van der Waals surface area contributed by atoms with Crippen LogP contribution in [0.3, 0.4) is 0 Å². The summed E-state index contributed by atoms with van der Waals surface area (Å²) in [6.07, 6.45) is 6.73. The van der Waals surface area contributed by atoms with Gasteiger partial charge in [-0.3, -0.25) is 4.79 Å². The molecule has 26 heavy (non-hydrogen) atoms. The molecule has 2 aromatic carbocycles. The normalized spacial score (nSPS) is 14.7. The molecule has 0 bridgehead atoms. The van der Waals surface area contributed by atoms with Gasteiger partial charge in [-0.05, 0) is 61.2 Å². The summed E-state index contributed by atoms with van der Waals surface area (Å²) in [6.45, 7) is 2.05. The predicted molar refractivity (Wildman–Crippen MR) is 112 cm³/mol.